The highest BCUT2D eigenvalue weighted by atomic mass is 31.2. The SMILES string of the molecule is C#C[C@H]1O[C@H](OC)[C@@H](O[C@H]2O[C@H](CCP(=O)(O)O)[C@@H](O)[C@H](O)[C@@H]2O)[C@H]2OC(C)(OC)C(C)(OC)O[C@@H]21. The zero-order chi connectivity index (χ0) is 27.1. The van der Waals surface area contributed by atoms with E-state index in [0.717, 1.165) is 0 Å². The van der Waals surface area contributed by atoms with Crippen LogP contribution in [0.15, 0.2) is 0 Å². The predicted molar refractivity (Wildman–Crippen MR) is 118 cm³/mol. The number of methoxy groups -OCH3 is 3. The molecule has 12 atom stereocenters. The van der Waals surface area contributed by atoms with Crippen molar-refractivity contribution in [3.05, 3.63) is 0 Å². The third kappa shape index (κ3) is 5.66. The van der Waals surface area contributed by atoms with E-state index in [-0.39, 0.29) is 6.42 Å². The lowest BCUT2D eigenvalue weighted by atomic mass is 9.93. The van der Waals surface area contributed by atoms with Crippen molar-refractivity contribution < 1.29 is 67.6 Å². The van der Waals surface area contributed by atoms with Gasteiger partial charge in [-0.05, 0) is 20.3 Å². The first-order valence-electron chi connectivity index (χ1n) is 11.2. The largest absolute Gasteiger partial charge is 0.388 e. The van der Waals surface area contributed by atoms with E-state index < -0.39 is 86.7 Å². The predicted octanol–water partition coefficient (Wildman–Crippen LogP) is -1.74. The van der Waals surface area contributed by atoms with Gasteiger partial charge in [0.2, 0.25) is 11.6 Å². The molecule has 3 fully saturated rings. The first-order valence-corrected chi connectivity index (χ1v) is 13.0. The smallest absolute Gasteiger partial charge is 0.325 e. The summed E-state index contributed by atoms with van der Waals surface area (Å²) >= 11 is 0. The van der Waals surface area contributed by atoms with Crippen molar-refractivity contribution in [1.82, 2.24) is 0 Å². The number of rotatable bonds is 8. The Hall–Kier alpha value is -0.730. The van der Waals surface area contributed by atoms with Crippen molar-refractivity contribution in [2.24, 2.45) is 0 Å². The van der Waals surface area contributed by atoms with E-state index in [1.54, 1.807) is 13.8 Å². The monoisotopic (exact) mass is 542 g/mol. The normalized spacial score (nSPS) is 47.7. The summed E-state index contributed by atoms with van der Waals surface area (Å²) < 4.78 is 57.6. The quantitative estimate of drug-likeness (QED) is 0.171. The van der Waals surface area contributed by atoms with Crippen LogP contribution >= 0.6 is 7.60 Å². The van der Waals surface area contributed by atoms with Gasteiger partial charge in [-0.1, -0.05) is 5.92 Å². The highest BCUT2D eigenvalue weighted by Gasteiger charge is 2.63. The Morgan fingerprint density at radius 2 is 1.50 bits per heavy atom. The summed E-state index contributed by atoms with van der Waals surface area (Å²) in [6.07, 6.45) is -8.49. The number of fused-ring (bicyclic) bond motifs is 1. The average Bonchev–Trinajstić information content (AvgIpc) is 2.83. The van der Waals surface area contributed by atoms with E-state index in [1.807, 2.05) is 0 Å². The molecule has 0 spiro atoms. The second-order valence-electron chi connectivity index (χ2n) is 9.08. The minimum absolute atomic E-state index is 0.317. The molecule has 2 unspecified atom stereocenters. The van der Waals surface area contributed by atoms with E-state index >= 15 is 0 Å². The maximum Gasteiger partial charge on any atom is 0.325 e. The molecule has 14 nitrogen and oxygen atoms in total. The zero-order valence-electron chi connectivity index (χ0n) is 20.6. The van der Waals surface area contributed by atoms with Crippen molar-refractivity contribution in [1.29, 1.82) is 0 Å². The Morgan fingerprint density at radius 1 is 0.917 bits per heavy atom. The van der Waals surface area contributed by atoms with Gasteiger partial charge in [0.1, 0.15) is 42.7 Å². The van der Waals surface area contributed by atoms with Crippen LogP contribution in [0.4, 0.5) is 0 Å². The van der Waals surface area contributed by atoms with Crippen LogP contribution in [0.1, 0.15) is 20.3 Å². The first-order chi connectivity index (χ1) is 16.7. The third-order valence-corrected chi connectivity index (χ3v) is 7.72. The number of aliphatic hydroxyl groups excluding tert-OH is 3. The maximum absolute atomic E-state index is 11.3. The summed E-state index contributed by atoms with van der Waals surface area (Å²) in [4.78, 5) is 18.4. The maximum atomic E-state index is 11.3. The van der Waals surface area contributed by atoms with Gasteiger partial charge in [0.25, 0.3) is 0 Å². The highest BCUT2D eigenvalue weighted by Crippen LogP contribution is 2.45. The molecule has 3 aliphatic heterocycles. The van der Waals surface area contributed by atoms with Gasteiger partial charge in [-0.3, -0.25) is 4.57 Å². The minimum Gasteiger partial charge on any atom is -0.388 e. The molecule has 3 rings (SSSR count). The van der Waals surface area contributed by atoms with Crippen LogP contribution in [-0.4, -0.2) is 126 Å². The lowest BCUT2D eigenvalue weighted by Gasteiger charge is -2.57. The molecule has 0 amide bonds. The first kappa shape index (κ1) is 29.8. The van der Waals surface area contributed by atoms with Crippen molar-refractivity contribution in [3.8, 4) is 12.3 Å². The molecule has 0 bridgehead atoms. The fourth-order valence-electron chi connectivity index (χ4n) is 4.46. The van der Waals surface area contributed by atoms with E-state index in [4.69, 9.17) is 44.3 Å². The Morgan fingerprint density at radius 3 is 2.00 bits per heavy atom. The Labute approximate surface area is 208 Å². The van der Waals surface area contributed by atoms with Crippen molar-refractivity contribution in [2.45, 2.75) is 93.3 Å². The van der Waals surface area contributed by atoms with Crippen LogP contribution in [0.2, 0.25) is 0 Å². The van der Waals surface area contributed by atoms with Crippen LogP contribution in [0.5, 0.6) is 0 Å². The second kappa shape index (κ2) is 11.2. The molecule has 5 N–H and O–H groups in total. The van der Waals surface area contributed by atoms with Gasteiger partial charge >= 0.3 is 7.60 Å². The molecule has 3 heterocycles. The molecule has 3 aliphatic rings. The van der Waals surface area contributed by atoms with Crippen LogP contribution in [-0.2, 0) is 42.5 Å². The number of hydrogen-bond donors (Lipinski definition) is 5. The fourth-order valence-corrected chi connectivity index (χ4v) is 5.05. The molecule has 0 aromatic carbocycles. The molecular weight excluding hydrogens is 507 g/mol. The molecule has 0 aromatic rings. The number of ether oxygens (including phenoxy) is 8. The summed E-state index contributed by atoms with van der Waals surface area (Å²) in [7, 11) is -0.308. The van der Waals surface area contributed by atoms with Gasteiger partial charge in [-0.25, -0.2) is 0 Å². The van der Waals surface area contributed by atoms with Gasteiger partial charge in [0, 0.05) is 21.3 Å². The van der Waals surface area contributed by atoms with E-state index in [2.05, 4.69) is 5.92 Å². The fraction of sp³-hybridized carbons (Fsp3) is 0.905. The van der Waals surface area contributed by atoms with Crippen molar-refractivity contribution in [3.63, 3.8) is 0 Å². The number of hydrogen-bond acceptors (Lipinski definition) is 12. The third-order valence-electron chi connectivity index (χ3n) is 6.88. The summed E-state index contributed by atoms with van der Waals surface area (Å²) in [5.41, 5.74) is 0. The van der Waals surface area contributed by atoms with Crippen molar-refractivity contribution in [2.75, 3.05) is 27.5 Å². The Kier molecular flexibility index (Phi) is 9.25. The summed E-state index contributed by atoms with van der Waals surface area (Å²) in [5, 5.41) is 31.2. The van der Waals surface area contributed by atoms with E-state index in [1.165, 1.54) is 21.3 Å². The van der Waals surface area contributed by atoms with E-state index in [9.17, 15) is 29.7 Å². The van der Waals surface area contributed by atoms with Crippen LogP contribution < -0.4 is 0 Å². The molecule has 36 heavy (non-hydrogen) atoms. The molecule has 0 aliphatic carbocycles. The van der Waals surface area contributed by atoms with Gasteiger partial charge in [0.15, 0.2) is 12.6 Å². The highest BCUT2D eigenvalue weighted by molar-refractivity contribution is 7.51. The summed E-state index contributed by atoms with van der Waals surface area (Å²) in [6, 6.07) is 0. The molecule has 15 heteroatoms. The van der Waals surface area contributed by atoms with Crippen molar-refractivity contribution >= 4 is 7.60 Å². The van der Waals surface area contributed by atoms with Crippen LogP contribution in [0, 0.1) is 12.3 Å². The molecule has 3 saturated heterocycles. The lowest BCUT2D eigenvalue weighted by molar-refractivity contribution is -0.482. The Balaban J connectivity index is 1.90. The minimum atomic E-state index is -4.42. The molecule has 208 valence electrons. The topological polar surface area (TPSA) is 192 Å². The molecule has 0 aromatic heterocycles. The van der Waals surface area contributed by atoms with Gasteiger partial charge in [0.05, 0.1) is 12.3 Å². The van der Waals surface area contributed by atoms with Gasteiger partial charge in [-0.15, -0.1) is 6.42 Å². The summed E-state index contributed by atoms with van der Waals surface area (Å²) in [6.45, 7) is 3.17. The molecular formula is C21H35O14P. The second-order valence-corrected chi connectivity index (χ2v) is 10.9. The van der Waals surface area contributed by atoms with Crippen LogP contribution in [0.3, 0.4) is 0 Å². The van der Waals surface area contributed by atoms with Crippen LogP contribution in [0.25, 0.3) is 0 Å². The van der Waals surface area contributed by atoms with Gasteiger partial charge in [-0.2, -0.15) is 0 Å². The standard InChI is InChI=1S/C21H35O14P/c1-7-10-15-16(35-21(3,30-6)20(2,29-5)34-15)17(19(28-4)31-10)33-18-14(24)13(23)12(22)11(32-18)8-9-36(25,26)27/h1,10-19,22-24H,8-9H2,2-6H3,(H2,25,26,27)/t10-,11-,12-,13+,14+,15-,16+,17+,18-,19+,20?,21?/m1/s1. The molecule has 0 saturated carbocycles. The van der Waals surface area contributed by atoms with E-state index in [0.29, 0.717) is 0 Å². The lowest BCUT2D eigenvalue weighted by Crippen LogP contribution is -2.73. The number of terminal acetylenes is 1. The Bertz CT molecular complexity index is 847. The molecule has 0 radical (unpaired) electrons. The number of aliphatic hydroxyl groups is 3. The average molecular weight is 542 g/mol. The summed E-state index contributed by atoms with van der Waals surface area (Å²) in [5.74, 6) is -0.410. The van der Waals surface area contributed by atoms with Gasteiger partial charge < -0.3 is 63.0 Å². The zero-order valence-corrected chi connectivity index (χ0v) is 21.5.